The molecule has 1 unspecified atom stereocenters. The molecule has 4 saturated heterocycles. The van der Waals surface area contributed by atoms with E-state index in [9.17, 15) is 19.2 Å². The van der Waals surface area contributed by atoms with Crippen molar-refractivity contribution in [1.29, 1.82) is 0 Å². The van der Waals surface area contributed by atoms with Gasteiger partial charge in [0, 0.05) is 26.2 Å². The van der Waals surface area contributed by atoms with Crippen LogP contribution >= 0.6 is 0 Å². The molecule has 0 aromatic carbocycles. The molecule has 4 aliphatic carbocycles. The van der Waals surface area contributed by atoms with Crippen molar-refractivity contribution >= 4 is 23.6 Å². The van der Waals surface area contributed by atoms with E-state index in [0.29, 0.717) is 65.9 Å². The Morgan fingerprint density at radius 1 is 0.588 bits per heavy atom. The van der Waals surface area contributed by atoms with Crippen molar-refractivity contribution in [3.63, 3.8) is 0 Å². The van der Waals surface area contributed by atoms with E-state index < -0.39 is 11.8 Å². The molecule has 4 amide bonds. The molecule has 0 radical (unpaired) electrons. The average molecular weight is 471 g/mol. The van der Waals surface area contributed by atoms with E-state index >= 15 is 0 Å². The van der Waals surface area contributed by atoms with Crippen LogP contribution in [-0.2, 0) is 28.7 Å². The van der Waals surface area contributed by atoms with Gasteiger partial charge in [-0.2, -0.15) is 0 Å². The third-order valence-corrected chi connectivity index (χ3v) is 9.42. The predicted molar refractivity (Wildman–Crippen MR) is 115 cm³/mol. The summed E-state index contributed by atoms with van der Waals surface area (Å²) in [7, 11) is 0. The molecule has 0 aromatic heterocycles. The fraction of sp³-hybridized carbons (Fsp3) is 0.750. The normalized spacial score (nSPS) is 43.9. The fourth-order valence-electron chi connectivity index (χ4n) is 7.89. The first-order valence-electron chi connectivity index (χ1n) is 12.6. The Morgan fingerprint density at radius 2 is 0.941 bits per heavy atom. The summed E-state index contributed by atoms with van der Waals surface area (Å²) in [5.74, 6) is -2.25. The van der Waals surface area contributed by atoms with E-state index in [4.69, 9.17) is 9.47 Å². The van der Waals surface area contributed by atoms with Gasteiger partial charge in [-0.3, -0.25) is 38.8 Å². The van der Waals surface area contributed by atoms with E-state index in [-0.39, 0.29) is 59.1 Å². The lowest BCUT2D eigenvalue weighted by Crippen LogP contribution is -2.63. The Balaban J connectivity index is 1.13. The van der Waals surface area contributed by atoms with Gasteiger partial charge in [-0.15, -0.1) is 0 Å². The third-order valence-electron chi connectivity index (χ3n) is 9.42. The monoisotopic (exact) mass is 470 g/mol. The van der Waals surface area contributed by atoms with Crippen LogP contribution < -0.4 is 0 Å². The summed E-state index contributed by atoms with van der Waals surface area (Å²) in [5, 5.41) is 0. The van der Waals surface area contributed by atoms with Gasteiger partial charge >= 0.3 is 0 Å². The number of carbonyl (C=O) groups is 4. The maximum absolute atomic E-state index is 13.5. The topological polar surface area (TPSA) is 99.7 Å². The molecule has 0 spiro atoms. The van der Waals surface area contributed by atoms with Crippen LogP contribution in [0.3, 0.4) is 0 Å². The molecule has 0 aromatic rings. The lowest BCUT2D eigenvalue weighted by atomic mass is 9.40. The number of fused-ring (bicyclic) bond motifs is 1. The number of morpholine rings is 2. The maximum Gasteiger partial charge on any atom is 0.234 e. The smallest absolute Gasteiger partial charge is 0.234 e. The van der Waals surface area contributed by atoms with Gasteiger partial charge in [0.05, 0.1) is 63.4 Å². The minimum Gasteiger partial charge on any atom is -0.379 e. The molecule has 34 heavy (non-hydrogen) atoms. The lowest BCUT2D eigenvalue weighted by molar-refractivity contribution is -0.166. The second-order valence-corrected chi connectivity index (χ2v) is 10.8. The van der Waals surface area contributed by atoms with Gasteiger partial charge in [0.15, 0.2) is 0 Å². The van der Waals surface area contributed by atoms with Crippen molar-refractivity contribution in [2.75, 3.05) is 65.9 Å². The summed E-state index contributed by atoms with van der Waals surface area (Å²) in [5.41, 5.74) is 0. The van der Waals surface area contributed by atoms with Gasteiger partial charge in [0.2, 0.25) is 23.6 Å². The maximum atomic E-state index is 13.5. The van der Waals surface area contributed by atoms with Crippen molar-refractivity contribution in [2.45, 2.75) is 0 Å². The predicted octanol–water partition coefficient (Wildman–Crippen LogP) is -1.17. The van der Waals surface area contributed by atoms with E-state index in [1.807, 2.05) is 0 Å². The van der Waals surface area contributed by atoms with Gasteiger partial charge in [-0.1, -0.05) is 12.2 Å². The summed E-state index contributed by atoms with van der Waals surface area (Å²) in [6, 6.07) is 0. The zero-order chi connectivity index (χ0) is 23.1. The highest BCUT2D eigenvalue weighted by molar-refractivity contribution is 6.09. The highest BCUT2D eigenvalue weighted by Crippen LogP contribution is 2.68. The summed E-state index contributed by atoms with van der Waals surface area (Å²) in [6.07, 6.45) is 4.13. The minimum absolute atomic E-state index is 0.0209. The highest BCUT2D eigenvalue weighted by atomic mass is 16.5. The first-order valence-corrected chi connectivity index (χ1v) is 12.6. The Bertz CT molecular complexity index is 917. The second-order valence-electron chi connectivity index (χ2n) is 10.8. The number of nitrogens with zero attached hydrogens (tertiary/aromatic N) is 4. The number of imide groups is 2. The molecule has 4 aliphatic heterocycles. The van der Waals surface area contributed by atoms with Crippen LogP contribution in [0.15, 0.2) is 12.2 Å². The Morgan fingerprint density at radius 3 is 1.32 bits per heavy atom. The number of hydrogen-bond donors (Lipinski definition) is 0. The quantitative estimate of drug-likeness (QED) is 0.375. The largest absolute Gasteiger partial charge is 0.379 e. The summed E-state index contributed by atoms with van der Waals surface area (Å²) in [6.45, 7) is 5.87. The number of amides is 4. The molecule has 10 nitrogen and oxygen atoms in total. The van der Waals surface area contributed by atoms with Crippen LogP contribution in [0.1, 0.15) is 0 Å². The zero-order valence-corrected chi connectivity index (χ0v) is 19.1. The lowest BCUT2D eigenvalue weighted by Gasteiger charge is -2.60. The summed E-state index contributed by atoms with van der Waals surface area (Å²) in [4.78, 5) is 60.8. The first-order chi connectivity index (χ1) is 16.6. The van der Waals surface area contributed by atoms with E-state index in [2.05, 4.69) is 22.0 Å². The van der Waals surface area contributed by atoms with Crippen LogP contribution in [0.25, 0.3) is 0 Å². The Hall–Kier alpha value is -2.14. The molecule has 6 fully saturated rings. The number of likely N-dealkylation sites (tertiary alicyclic amines) is 2. The van der Waals surface area contributed by atoms with Crippen molar-refractivity contribution in [2.24, 2.45) is 47.3 Å². The molecular formula is C24H30N4O6. The van der Waals surface area contributed by atoms with Gasteiger partial charge in [-0.25, -0.2) is 0 Å². The molecule has 2 saturated carbocycles. The average Bonchev–Trinajstić information content (AvgIpc) is 3.21. The fourth-order valence-corrected chi connectivity index (χ4v) is 7.89. The Labute approximate surface area is 197 Å². The minimum atomic E-state index is -0.401. The standard InChI is InChI=1S/C24H30N4O6/c29-21-17-13-1-2-14(18(17)22(30)27(21)11-25-3-7-33-8-4-25)16-15(13)19-20(16)24(32)28(23(19)31)12-26-5-9-34-10-6-26/h1-2,13-20H,3-12H2/t13-,14+,15-,16?,17-,18-,19-,20+/m0/s1. The van der Waals surface area contributed by atoms with Crippen LogP contribution in [0.5, 0.6) is 0 Å². The second kappa shape index (κ2) is 7.68. The van der Waals surface area contributed by atoms with Crippen molar-refractivity contribution in [3.8, 4) is 0 Å². The molecule has 4 heterocycles. The molecule has 2 bridgehead atoms. The summed E-state index contributed by atoms with van der Waals surface area (Å²) >= 11 is 0. The van der Waals surface area contributed by atoms with Gasteiger partial charge in [-0.05, 0) is 23.7 Å². The van der Waals surface area contributed by atoms with Crippen molar-refractivity contribution in [1.82, 2.24) is 19.6 Å². The number of rotatable bonds is 4. The molecular weight excluding hydrogens is 440 g/mol. The van der Waals surface area contributed by atoms with Crippen LogP contribution in [0.2, 0.25) is 0 Å². The summed E-state index contributed by atoms with van der Waals surface area (Å²) < 4.78 is 10.8. The van der Waals surface area contributed by atoms with E-state index in [0.717, 1.165) is 0 Å². The zero-order valence-electron chi connectivity index (χ0n) is 19.1. The van der Waals surface area contributed by atoms with Gasteiger partial charge in [0.25, 0.3) is 0 Å². The van der Waals surface area contributed by atoms with Gasteiger partial charge < -0.3 is 9.47 Å². The third kappa shape index (κ3) is 2.76. The Kier molecular flexibility index (Phi) is 4.78. The number of allylic oxidation sites excluding steroid dienone is 2. The van der Waals surface area contributed by atoms with E-state index in [1.54, 1.807) is 0 Å². The van der Waals surface area contributed by atoms with Gasteiger partial charge in [0.1, 0.15) is 0 Å². The van der Waals surface area contributed by atoms with Crippen molar-refractivity contribution < 1.29 is 28.7 Å². The number of carbonyl (C=O) groups excluding carboxylic acids is 4. The number of ether oxygens (including phenoxy) is 2. The first kappa shape index (κ1) is 21.2. The number of hydrogen-bond acceptors (Lipinski definition) is 8. The molecule has 8 atom stereocenters. The highest BCUT2D eigenvalue weighted by Gasteiger charge is 2.75. The van der Waals surface area contributed by atoms with Crippen LogP contribution in [-0.4, -0.2) is 109 Å². The molecule has 8 aliphatic rings. The van der Waals surface area contributed by atoms with E-state index in [1.165, 1.54) is 9.80 Å². The molecule has 0 N–H and O–H groups in total. The molecule has 10 heteroatoms. The van der Waals surface area contributed by atoms with Crippen LogP contribution in [0.4, 0.5) is 0 Å². The van der Waals surface area contributed by atoms with Crippen LogP contribution in [0, 0.1) is 47.3 Å². The SMILES string of the molecule is O=C1[C@@H]2[C@@H](C(=O)N1CN1CCOCC1)[C@H]1C=C[C@@H]2C2[C@H]1[C@@H]1C(=O)N(CN3CCOCC3)C(=O)[C@H]21. The molecule has 8 rings (SSSR count). The molecule has 182 valence electrons. The van der Waals surface area contributed by atoms with Crippen molar-refractivity contribution in [3.05, 3.63) is 12.2 Å².